The van der Waals surface area contributed by atoms with Crippen LogP contribution in [0.15, 0.2) is 17.2 Å². The Morgan fingerprint density at radius 3 is 2.59 bits per heavy atom. The summed E-state index contributed by atoms with van der Waals surface area (Å²) in [5.41, 5.74) is -0.275. The molecule has 1 aromatic heterocycles. The van der Waals surface area contributed by atoms with Crippen LogP contribution >= 0.6 is 15.9 Å². The van der Waals surface area contributed by atoms with Gasteiger partial charge in [0.05, 0.1) is 0 Å². The highest BCUT2D eigenvalue weighted by Crippen LogP contribution is 2.13. The second-order valence-electron chi connectivity index (χ2n) is 5.21. The van der Waals surface area contributed by atoms with Gasteiger partial charge in [-0.2, -0.15) is 0 Å². The van der Waals surface area contributed by atoms with E-state index in [1.165, 1.54) is 0 Å². The molecule has 1 aromatic rings. The number of hydrogen-bond donors (Lipinski definition) is 0. The molecule has 4 nitrogen and oxygen atoms in total. The lowest BCUT2D eigenvalue weighted by atomic mass is 10.1. The number of rotatable bonds is 3. The van der Waals surface area contributed by atoms with Crippen LogP contribution in [0, 0.1) is 0 Å². The fourth-order valence-electron chi connectivity index (χ4n) is 1.48. The van der Waals surface area contributed by atoms with E-state index in [0.29, 0.717) is 5.82 Å². The van der Waals surface area contributed by atoms with Crippen LogP contribution in [-0.4, -0.2) is 28.0 Å². The van der Waals surface area contributed by atoms with Crippen LogP contribution in [0.3, 0.4) is 0 Å². The van der Waals surface area contributed by atoms with Gasteiger partial charge in [0, 0.05) is 36.4 Å². The summed E-state index contributed by atoms with van der Waals surface area (Å²) in [6.45, 7) is 8.06. The smallest absolute Gasteiger partial charge is 0.293 e. The van der Waals surface area contributed by atoms with Gasteiger partial charge in [0.25, 0.3) is 5.56 Å². The number of nitrogens with zero attached hydrogens (tertiary/aromatic N) is 3. The van der Waals surface area contributed by atoms with Crippen molar-refractivity contribution in [2.45, 2.75) is 39.3 Å². The molecule has 0 aliphatic rings. The van der Waals surface area contributed by atoms with Crippen LogP contribution in [0.1, 0.15) is 27.7 Å². The molecule has 1 heterocycles. The second kappa shape index (κ2) is 5.21. The van der Waals surface area contributed by atoms with Crippen molar-refractivity contribution in [3.05, 3.63) is 22.7 Å². The molecule has 0 N–H and O–H groups in total. The molecular formula is C12H20BrN3O. The van der Waals surface area contributed by atoms with E-state index in [-0.39, 0.29) is 17.1 Å². The summed E-state index contributed by atoms with van der Waals surface area (Å²) in [6.07, 6.45) is 3.41. The Balaban J connectivity index is 3.25. The molecule has 1 rings (SSSR count). The highest BCUT2D eigenvalue weighted by molar-refractivity contribution is 9.09. The van der Waals surface area contributed by atoms with Crippen molar-refractivity contribution in [2.75, 3.05) is 17.3 Å². The van der Waals surface area contributed by atoms with Crippen LogP contribution in [-0.2, 0) is 5.54 Å². The zero-order valence-electron chi connectivity index (χ0n) is 11.1. The Hall–Kier alpha value is -0.840. The minimum atomic E-state index is -0.229. The number of aromatic nitrogens is 2. The average molecular weight is 302 g/mol. The molecule has 0 spiro atoms. The van der Waals surface area contributed by atoms with Gasteiger partial charge < -0.3 is 9.47 Å². The maximum absolute atomic E-state index is 12.3. The Morgan fingerprint density at radius 2 is 2.12 bits per heavy atom. The maximum atomic E-state index is 12.3. The third kappa shape index (κ3) is 3.09. The summed E-state index contributed by atoms with van der Waals surface area (Å²) in [4.78, 5) is 18.4. The first-order valence-corrected chi connectivity index (χ1v) is 6.78. The summed E-state index contributed by atoms with van der Waals surface area (Å²) in [5, 5.41) is 0.801. The normalized spacial score (nSPS) is 13.5. The van der Waals surface area contributed by atoms with E-state index in [2.05, 4.69) is 20.9 Å². The summed E-state index contributed by atoms with van der Waals surface area (Å²) in [5.74, 6) is 0.495. The second-order valence-corrected chi connectivity index (χ2v) is 5.86. The number of hydrogen-bond acceptors (Lipinski definition) is 3. The lowest BCUT2D eigenvalue weighted by molar-refractivity contribution is 0.382. The van der Waals surface area contributed by atoms with Crippen LogP contribution in [0.5, 0.6) is 0 Å². The first-order chi connectivity index (χ1) is 7.79. The van der Waals surface area contributed by atoms with Crippen molar-refractivity contribution in [1.29, 1.82) is 0 Å². The molecule has 0 saturated heterocycles. The molecule has 1 atom stereocenters. The van der Waals surface area contributed by atoms with Gasteiger partial charge in [-0.3, -0.25) is 4.79 Å². The first kappa shape index (κ1) is 14.2. The van der Waals surface area contributed by atoms with Crippen LogP contribution in [0.4, 0.5) is 5.82 Å². The molecule has 0 aliphatic heterocycles. The van der Waals surface area contributed by atoms with Crippen molar-refractivity contribution in [3.63, 3.8) is 0 Å². The minimum absolute atomic E-state index is 0.0460. The Morgan fingerprint density at radius 1 is 1.53 bits per heavy atom. The topological polar surface area (TPSA) is 38.1 Å². The lowest BCUT2D eigenvalue weighted by Gasteiger charge is -2.27. The van der Waals surface area contributed by atoms with Gasteiger partial charge >= 0.3 is 0 Å². The number of alkyl halides is 1. The lowest BCUT2D eigenvalue weighted by Crippen LogP contribution is -2.40. The maximum Gasteiger partial charge on any atom is 0.293 e. The van der Waals surface area contributed by atoms with E-state index >= 15 is 0 Å². The molecular weight excluding hydrogens is 282 g/mol. The predicted octanol–water partition coefficient (Wildman–Crippen LogP) is 2.22. The van der Waals surface area contributed by atoms with Gasteiger partial charge in [-0.05, 0) is 27.7 Å². The molecule has 0 radical (unpaired) electrons. The summed E-state index contributed by atoms with van der Waals surface area (Å²) >= 11 is 3.42. The minimum Gasteiger partial charge on any atom is -0.352 e. The number of anilines is 1. The quantitative estimate of drug-likeness (QED) is 0.804. The molecule has 17 heavy (non-hydrogen) atoms. The summed E-state index contributed by atoms with van der Waals surface area (Å²) < 4.78 is 1.72. The number of halogens is 1. The van der Waals surface area contributed by atoms with E-state index in [4.69, 9.17) is 0 Å². The predicted molar refractivity (Wildman–Crippen MR) is 75.2 cm³/mol. The van der Waals surface area contributed by atoms with E-state index in [1.54, 1.807) is 17.0 Å². The SMILES string of the molecule is CC(CBr)N(C)c1nccn(C(C)(C)C)c1=O. The van der Waals surface area contributed by atoms with Crippen molar-refractivity contribution in [2.24, 2.45) is 0 Å². The standard InChI is InChI=1S/C12H20BrN3O/c1-9(8-13)15(5)10-11(17)16(7-6-14-10)12(2,3)4/h6-7,9H,8H2,1-5H3. The highest BCUT2D eigenvalue weighted by Gasteiger charge is 2.20. The average Bonchev–Trinajstić information content (AvgIpc) is 2.25. The third-order valence-electron chi connectivity index (χ3n) is 2.76. The van der Waals surface area contributed by atoms with Crippen LogP contribution < -0.4 is 10.5 Å². The fraction of sp³-hybridized carbons (Fsp3) is 0.667. The molecule has 1 unspecified atom stereocenters. The van der Waals surface area contributed by atoms with Crippen LogP contribution in [0.25, 0.3) is 0 Å². The zero-order chi connectivity index (χ0) is 13.2. The van der Waals surface area contributed by atoms with Crippen molar-refractivity contribution >= 4 is 21.7 Å². The third-order valence-corrected chi connectivity index (χ3v) is 3.70. The molecule has 0 amide bonds. The van der Waals surface area contributed by atoms with Gasteiger partial charge in [-0.15, -0.1) is 0 Å². The van der Waals surface area contributed by atoms with Gasteiger partial charge in [0.15, 0.2) is 5.82 Å². The molecule has 0 aromatic carbocycles. The Labute approximate surface area is 111 Å². The van der Waals surface area contributed by atoms with Crippen LogP contribution in [0.2, 0.25) is 0 Å². The molecule has 0 saturated carbocycles. The van der Waals surface area contributed by atoms with Crippen molar-refractivity contribution < 1.29 is 0 Å². The zero-order valence-corrected chi connectivity index (χ0v) is 12.7. The van der Waals surface area contributed by atoms with Gasteiger partial charge in [-0.25, -0.2) is 4.98 Å². The van der Waals surface area contributed by atoms with E-state index < -0.39 is 0 Å². The fourth-order valence-corrected chi connectivity index (χ4v) is 1.92. The molecule has 0 aliphatic carbocycles. The molecule has 96 valence electrons. The van der Waals surface area contributed by atoms with E-state index in [9.17, 15) is 4.79 Å². The van der Waals surface area contributed by atoms with Gasteiger partial charge in [0.1, 0.15) is 0 Å². The summed E-state index contributed by atoms with van der Waals surface area (Å²) in [6, 6.07) is 0.228. The van der Waals surface area contributed by atoms with E-state index in [0.717, 1.165) is 5.33 Å². The van der Waals surface area contributed by atoms with Crippen molar-refractivity contribution in [1.82, 2.24) is 9.55 Å². The van der Waals surface area contributed by atoms with Crippen molar-refractivity contribution in [3.8, 4) is 0 Å². The Bertz CT molecular complexity index is 436. The van der Waals surface area contributed by atoms with E-state index in [1.807, 2.05) is 39.6 Å². The first-order valence-electron chi connectivity index (χ1n) is 5.66. The monoisotopic (exact) mass is 301 g/mol. The molecule has 0 fully saturated rings. The molecule has 5 heteroatoms. The highest BCUT2D eigenvalue weighted by atomic mass is 79.9. The van der Waals surface area contributed by atoms with Gasteiger partial charge in [0.2, 0.25) is 0 Å². The largest absolute Gasteiger partial charge is 0.352 e. The summed E-state index contributed by atoms with van der Waals surface area (Å²) in [7, 11) is 1.89. The molecule has 0 bridgehead atoms. The van der Waals surface area contributed by atoms with Gasteiger partial charge in [-0.1, -0.05) is 15.9 Å². The Kier molecular flexibility index (Phi) is 4.36.